The summed E-state index contributed by atoms with van der Waals surface area (Å²) in [5, 5.41) is 2.82. The monoisotopic (exact) mass is 259 g/mol. The molecule has 0 aromatic carbocycles. The van der Waals surface area contributed by atoms with Crippen LogP contribution in [-0.2, 0) is 11.0 Å². The number of nitrogens with one attached hydrogen (secondary N) is 1. The summed E-state index contributed by atoms with van der Waals surface area (Å²) in [7, 11) is 1.64. The standard InChI is InChI=1S/C11H12F3N3O/c1-15-8-3-5-17(10(8)18)9-6-7(2-4-16-9)11(12,13)14/h2,4,6,8,15H,3,5H2,1H3. The van der Waals surface area contributed by atoms with Crippen molar-refractivity contribution in [3.05, 3.63) is 23.9 Å². The molecule has 2 heterocycles. The molecule has 0 radical (unpaired) electrons. The normalized spacial score (nSPS) is 20.6. The number of likely N-dealkylation sites (N-methyl/N-ethyl adjacent to an activating group) is 1. The van der Waals surface area contributed by atoms with Crippen LogP contribution in [0.25, 0.3) is 0 Å². The molecule has 18 heavy (non-hydrogen) atoms. The Bertz CT molecular complexity index is 461. The van der Waals surface area contributed by atoms with E-state index >= 15 is 0 Å². The molecule has 2 rings (SSSR count). The van der Waals surface area contributed by atoms with Gasteiger partial charge in [0.25, 0.3) is 0 Å². The maximum absolute atomic E-state index is 12.6. The number of rotatable bonds is 2. The Morgan fingerprint density at radius 2 is 2.22 bits per heavy atom. The molecule has 1 aromatic heterocycles. The Morgan fingerprint density at radius 3 is 2.78 bits per heavy atom. The highest BCUT2D eigenvalue weighted by atomic mass is 19.4. The molecular formula is C11H12F3N3O. The predicted molar refractivity (Wildman–Crippen MR) is 59.1 cm³/mol. The summed E-state index contributed by atoms with van der Waals surface area (Å²) in [6, 6.07) is 1.44. The molecule has 98 valence electrons. The van der Waals surface area contributed by atoms with Crippen LogP contribution in [0.1, 0.15) is 12.0 Å². The average molecular weight is 259 g/mol. The molecule has 0 aliphatic carbocycles. The number of nitrogens with zero attached hydrogens (tertiary/aromatic N) is 2. The van der Waals surface area contributed by atoms with Gasteiger partial charge in [0.1, 0.15) is 5.82 Å². The van der Waals surface area contributed by atoms with Crippen molar-refractivity contribution in [1.29, 1.82) is 0 Å². The number of carbonyl (C=O) groups excluding carboxylic acids is 1. The zero-order valence-corrected chi connectivity index (χ0v) is 9.66. The van der Waals surface area contributed by atoms with Crippen molar-refractivity contribution in [1.82, 2.24) is 10.3 Å². The van der Waals surface area contributed by atoms with Crippen molar-refractivity contribution >= 4 is 11.7 Å². The minimum absolute atomic E-state index is 0.0487. The van der Waals surface area contributed by atoms with E-state index in [0.717, 1.165) is 18.3 Å². The van der Waals surface area contributed by atoms with E-state index in [1.54, 1.807) is 7.05 Å². The third kappa shape index (κ3) is 2.31. The molecule has 1 unspecified atom stereocenters. The van der Waals surface area contributed by atoms with Gasteiger partial charge in [-0.1, -0.05) is 0 Å². The first-order chi connectivity index (χ1) is 8.43. The van der Waals surface area contributed by atoms with Gasteiger partial charge < -0.3 is 5.32 Å². The van der Waals surface area contributed by atoms with Gasteiger partial charge in [-0.2, -0.15) is 13.2 Å². The molecule has 0 spiro atoms. The smallest absolute Gasteiger partial charge is 0.309 e. The number of amides is 1. The van der Waals surface area contributed by atoms with Gasteiger partial charge >= 0.3 is 6.18 Å². The molecular weight excluding hydrogens is 247 g/mol. The maximum atomic E-state index is 12.6. The van der Waals surface area contributed by atoms with Crippen LogP contribution in [0.4, 0.5) is 19.0 Å². The molecule has 4 nitrogen and oxygen atoms in total. The van der Waals surface area contributed by atoms with Gasteiger partial charge in [-0.15, -0.1) is 0 Å². The second-order valence-electron chi connectivity index (χ2n) is 4.02. The van der Waals surface area contributed by atoms with E-state index in [2.05, 4.69) is 10.3 Å². The summed E-state index contributed by atoms with van der Waals surface area (Å²) in [4.78, 5) is 16.9. The number of halogens is 3. The third-order valence-corrected chi connectivity index (χ3v) is 2.90. The van der Waals surface area contributed by atoms with E-state index in [-0.39, 0.29) is 17.8 Å². The van der Waals surface area contributed by atoms with Crippen molar-refractivity contribution < 1.29 is 18.0 Å². The lowest BCUT2D eigenvalue weighted by Crippen LogP contribution is -2.36. The first kappa shape index (κ1) is 12.8. The second kappa shape index (κ2) is 4.56. The fraction of sp³-hybridized carbons (Fsp3) is 0.455. The largest absolute Gasteiger partial charge is 0.416 e. The number of hydrogen-bond donors (Lipinski definition) is 1. The lowest BCUT2D eigenvalue weighted by atomic mass is 10.2. The van der Waals surface area contributed by atoms with E-state index in [4.69, 9.17) is 0 Å². The molecule has 1 aliphatic heterocycles. The Balaban J connectivity index is 2.27. The molecule has 7 heteroatoms. The van der Waals surface area contributed by atoms with Crippen molar-refractivity contribution in [2.45, 2.75) is 18.6 Å². The fourth-order valence-electron chi connectivity index (χ4n) is 1.92. The van der Waals surface area contributed by atoms with E-state index < -0.39 is 11.7 Å². The van der Waals surface area contributed by atoms with Crippen molar-refractivity contribution in [3.8, 4) is 0 Å². The Morgan fingerprint density at radius 1 is 1.50 bits per heavy atom. The maximum Gasteiger partial charge on any atom is 0.416 e. The van der Waals surface area contributed by atoms with Gasteiger partial charge in [0, 0.05) is 12.7 Å². The van der Waals surface area contributed by atoms with Crippen LogP contribution in [0.2, 0.25) is 0 Å². The van der Waals surface area contributed by atoms with Crippen LogP contribution in [0.5, 0.6) is 0 Å². The number of anilines is 1. The molecule has 1 amide bonds. The van der Waals surface area contributed by atoms with Crippen LogP contribution < -0.4 is 10.2 Å². The van der Waals surface area contributed by atoms with E-state index in [0.29, 0.717) is 13.0 Å². The Hall–Kier alpha value is -1.63. The third-order valence-electron chi connectivity index (χ3n) is 2.90. The van der Waals surface area contributed by atoms with E-state index in [1.165, 1.54) is 4.90 Å². The van der Waals surface area contributed by atoms with E-state index in [9.17, 15) is 18.0 Å². The van der Waals surface area contributed by atoms with Crippen molar-refractivity contribution in [3.63, 3.8) is 0 Å². The van der Waals surface area contributed by atoms with Crippen molar-refractivity contribution in [2.24, 2.45) is 0 Å². The highest BCUT2D eigenvalue weighted by molar-refractivity contribution is 5.98. The number of alkyl halides is 3. The highest BCUT2D eigenvalue weighted by Gasteiger charge is 2.35. The van der Waals surface area contributed by atoms with Gasteiger partial charge in [-0.25, -0.2) is 4.98 Å². The molecule has 1 atom stereocenters. The van der Waals surface area contributed by atoms with Gasteiger partial charge in [0.15, 0.2) is 0 Å². The predicted octanol–water partition coefficient (Wildman–Crippen LogP) is 1.43. The molecule has 1 N–H and O–H groups in total. The van der Waals surface area contributed by atoms with Gasteiger partial charge in [0.2, 0.25) is 5.91 Å². The van der Waals surface area contributed by atoms with Crippen LogP contribution in [0.3, 0.4) is 0 Å². The van der Waals surface area contributed by atoms with Crippen LogP contribution >= 0.6 is 0 Å². The summed E-state index contributed by atoms with van der Waals surface area (Å²) in [6.07, 6.45) is -2.80. The molecule has 0 saturated carbocycles. The minimum atomic E-state index is -4.43. The minimum Gasteiger partial charge on any atom is -0.309 e. The summed E-state index contributed by atoms with van der Waals surface area (Å²) in [6.45, 7) is 0.374. The average Bonchev–Trinajstić information content (AvgIpc) is 2.69. The quantitative estimate of drug-likeness (QED) is 0.873. The lowest BCUT2D eigenvalue weighted by molar-refractivity contribution is -0.137. The molecule has 0 bridgehead atoms. The summed E-state index contributed by atoms with van der Waals surface area (Å²) >= 11 is 0. The zero-order chi connectivity index (χ0) is 13.3. The number of carbonyl (C=O) groups is 1. The summed E-state index contributed by atoms with van der Waals surface area (Å²) < 4.78 is 37.7. The fourth-order valence-corrected chi connectivity index (χ4v) is 1.92. The van der Waals surface area contributed by atoms with E-state index in [1.807, 2.05) is 0 Å². The Kier molecular flexibility index (Phi) is 3.25. The van der Waals surface area contributed by atoms with Gasteiger partial charge in [-0.3, -0.25) is 9.69 Å². The number of hydrogen-bond acceptors (Lipinski definition) is 3. The number of aromatic nitrogens is 1. The Labute approximate surface area is 102 Å². The molecule has 1 saturated heterocycles. The summed E-state index contributed by atoms with van der Waals surface area (Å²) in [5.74, 6) is -0.197. The first-order valence-corrected chi connectivity index (χ1v) is 5.45. The lowest BCUT2D eigenvalue weighted by Gasteiger charge is -2.17. The molecule has 1 fully saturated rings. The zero-order valence-electron chi connectivity index (χ0n) is 9.66. The SMILES string of the molecule is CNC1CCN(c2cc(C(F)(F)F)ccn2)C1=O. The van der Waals surface area contributed by atoms with Gasteiger partial charge in [0.05, 0.1) is 11.6 Å². The second-order valence-corrected chi connectivity index (χ2v) is 4.02. The van der Waals surface area contributed by atoms with Crippen molar-refractivity contribution in [2.75, 3.05) is 18.5 Å². The first-order valence-electron chi connectivity index (χ1n) is 5.45. The van der Waals surface area contributed by atoms with Gasteiger partial charge in [-0.05, 0) is 25.6 Å². The topological polar surface area (TPSA) is 45.2 Å². The highest BCUT2D eigenvalue weighted by Crippen LogP contribution is 2.31. The van der Waals surface area contributed by atoms with Crippen LogP contribution in [-0.4, -0.2) is 30.5 Å². The number of pyridine rings is 1. The molecule has 1 aromatic rings. The molecule has 1 aliphatic rings. The van der Waals surface area contributed by atoms with Crippen LogP contribution in [0, 0.1) is 0 Å². The van der Waals surface area contributed by atoms with Crippen LogP contribution in [0.15, 0.2) is 18.3 Å². The summed E-state index contributed by atoms with van der Waals surface area (Å²) in [5.41, 5.74) is -0.798.